The van der Waals surface area contributed by atoms with Crippen molar-refractivity contribution in [3.63, 3.8) is 0 Å². The van der Waals surface area contributed by atoms with E-state index in [4.69, 9.17) is 5.73 Å². The number of hydrogen-bond acceptors (Lipinski definition) is 2. The fourth-order valence-corrected chi connectivity index (χ4v) is 3.00. The first-order valence-corrected chi connectivity index (χ1v) is 7.67. The zero-order chi connectivity index (χ0) is 14.6. The molecule has 0 atom stereocenters. The minimum Gasteiger partial charge on any atom is -0.340 e. The predicted octanol–water partition coefficient (Wildman–Crippen LogP) is 3.29. The van der Waals surface area contributed by atoms with E-state index >= 15 is 0 Å². The van der Waals surface area contributed by atoms with Crippen LogP contribution in [0.25, 0.3) is 0 Å². The van der Waals surface area contributed by atoms with Gasteiger partial charge in [-0.25, -0.2) is 0 Å². The summed E-state index contributed by atoms with van der Waals surface area (Å²) in [5.74, 6) is 0.0942. The molecule has 4 heteroatoms. The SMILES string of the molecule is CCc1ccc(CN(C)C(=O)C2(N)CCCCC2)cc1.Cl. The van der Waals surface area contributed by atoms with E-state index < -0.39 is 5.54 Å². The number of halogens is 1. The average molecular weight is 311 g/mol. The van der Waals surface area contributed by atoms with Gasteiger partial charge in [0.15, 0.2) is 0 Å². The number of rotatable bonds is 4. The highest BCUT2D eigenvalue weighted by atomic mass is 35.5. The van der Waals surface area contributed by atoms with Crippen LogP contribution in [0.15, 0.2) is 24.3 Å². The summed E-state index contributed by atoms with van der Waals surface area (Å²) in [5, 5.41) is 0. The van der Waals surface area contributed by atoms with Crippen LogP contribution >= 0.6 is 12.4 Å². The summed E-state index contributed by atoms with van der Waals surface area (Å²) in [6.07, 6.45) is 6.04. The molecule has 0 unspecified atom stereocenters. The monoisotopic (exact) mass is 310 g/mol. The Hall–Kier alpha value is -1.06. The number of amides is 1. The number of carbonyl (C=O) groups excluding carboxylic acids is 1. The van der Waals surface area contributed by atoms with Gasteiger partial charge in [-0.1, -0.05) is 50.5 Å². The second-order valence-electron chi connectivity index (χ2n) is 6.05. The van der Waals surface area contributed by atoms with Gasteiger partial charge >= 0.3 is 0 Å². The summed E-state index contributed by atoms with van der Waals surface area (Å²) in [4.78, 5) is 14.3. The van der Waals surface area contributed by atoms with Crippen LogP contribution in [-0.4, -0.2) is 23.4 Å². The molecule has 1 aliphatic carbocycles. The van der Waals surface area contributed by atoms with Gasteiger partial charge in [-0.05, 0) is 30.4 Å². The average Bonchev–Trinajstić information content (AvgIpc) is 2.48. The molecule has 0 radical (unpaired) electrons. The molecule has 1 aromatic carbocycles. The summed E-state index contributed by atoms with van der Waals surface area (Å²) in [7, 11) is 1.86. The van der Waals surface area contributed by atoms with E-state index in [-0.39, 0.29) is 18.3 Å². The highest BCUT2D eigenvalue weighted by Crippen LogP contribution is 2.27. The molecule has 1 saturated carbocycles. The minimum absolute atomic E-state index is 0. The molecule has 0 aliphatic heterocycles. The lowest BCUT2D eigenvalue weighted by Crippen LogP contribution is -2.55. The maximum atomic E-state index is 12.5. The van der Waals surface area contributed by atoms with Crippen LogP contribution < -0.4 is 5.73 Å². The van der Waals surface area contributed by atoms with Gasteiger partial charge in [-0.2, -0.15) is 0 Å². The maximum Gasteiger partial charge on any atom is 0.242 e. The van der Waals surface area contributed by atoms with Gasteiger partial charge in [0.1, 0.15) is 0 Å². The smallest absolute Gasteiger partial charge is 0.242 e. The first kappa shape index (κ1) is 18.0. The second-order valence-corrected chi connectivity index (χ2v) is 6.05. The van der Waals surface area contributed by atoms with Crippen LogP contribution in [0, 0.1) is 0 Å². The fourth-order valence-electron chi connectivity index (χ4n) is 3.00. The van der Waals surface area contributed by atoms with Crippen LogP contribution in [0.1, 0.15) is 50.2 Å². The van der Waals surface area contributed by atoms with Crippen molar-refractivity contribution in [2.24, 2.45) is 5.73 Å². The summed E-state index contributed by atoms with van der Waals surface area (Å²) in [6, 6.07) is 8.47. The van der Waals surface area contributed by atoms with E-state index in [2.05, 4.69) is 31.2 Å². The van der Waals surface area contributed by atoms with Crippen molar-refractivity contribution in [1.29, 1.82) is 0 Å². The Morgan fingerprint density at radius 1 is 1.14 bits per heavy atom. The highest BCUT2D eigenvalue weighted by Gasteiger charge is 2.37. The molecule has 2 rings (SSSR count). The Bertz CT molecular complexity index is 452. The van der Waals surface area contributed by atoms with E-state index in [1.807, 2.05) is 7.05 Å². The number of nitrogens with two attached hydrogens (primary N) is 1. The summed E-state index contributed by atoms with van der Waals surface area (Å²) in [6.45, 7) is 2.79. The number of likely N-dealkylation sites (N-methyl/N-ethyl adjacent to an activating group) is 1. The van der Waals surface area contributed by atoms with Gasteiger partial charge in [-0.3, -0.25) is 4.79 Å². The lowest BCUT2D eigenvalue weighted by atomic mass is 9.81. The molecular formula is C17H27ClN2O. The lowest BCUT2D eigenvalue weighted by Gasteiger charge is -2.35. The molecule has 118 valence electrons. The first-order valence-electron chi connectivity index (χ1n) is 7.67. The number of benzene rings is 1. The molecule has 0 spiro atoms. The van der Waals surface area contributed by atoms with E-state index in [1.54, 1.807) is 4.90 Å². The van der Waals surface area contributed by atoms with Gasteiger partial charge in [-0.15, -0.1) is 12.4 Å². The van der Waals surface area contributed by atoms with Crippen LogP contribution in [-0.2, 0) is 17.8 Å². The first-order chi connectivity index (χ1) is 9.55. The van der Waals surface area contributed by atoms with Crippen molar-refractivity contribution in [3.8, 4) is 0 Å². The van der Waals surface area contributed by atoms with Crippen molar-refractivity contribution in [2.45, 2.75) is 57.5 Å². The molecule has 3 nitrogen and oxygen atoms in total. The zero-order valence-corrected chi connectivity index (χ0v) is 13.9. The van der Waals surface area contributed by atoms with Crippen LogP contribution in [0.3, 0.4) is 0 Å². The lowest BCUT2D eigenvalue weighted by molar-refractivity contribution is -0.137. The molecular weight excluding hydrogens is 284 g/mol. The summed E-state index contributed by atoms with van der Waals surface area (Å²) >= 11 is 0. The van der Waals surface area contributed by atoms with E-state index in [0.29, 0.717) is 6.54 Å². The number of aryl methyl sites for hydroxylation is 1. The molecule has 1 amide bonds. The van der Waals surface area contributed by atoms with Gasteiger partial charge in [0.05, 0.1) is 5.54 Å². The van der Waals surface area contributed by atoms with Crippen molar-refractivity contribution in [2.75, 3.05) is 7.05 Å². The minimum atomic E-state index is -0.629. The molecule has 0 bridgehead atoms. The molecule has 0 aromatic heterocycles. The highest BCUT2D eigenvalue weighted by molar-refractivity contribution is 5.86. The van der Waals surface area contributed by atoms with Crippen molar-refractivity contribution in [3.05, 3.63) is 35.4 Å². The Labute approximate surface area is 134 Å². The molecule has 2 N–H and O–H groups in total. The van der Waals surface area contributed by atoms with Crippen molar-refractivity contribution >= 4 is 18.3 Å². The largest absolute Gasteiger partial charge is 0.340 e. The predicted molar refractivity (Wildman–Crippen MR) is 89.5 cm³/mol. The summed E-state index contributed by atoms with van der Waals surface area (Å²) < 4.78 is 0. The molecule has 0 saturated heterocycles. The zero-order valence-electron chi connectivity index (χ0n) is 13.1. The maximum absolute atomic E-state index is 12.5. The van der Waals surface area contributed by atoms with Gasteiger partial charge < -0.3 is 10.6 Å². The third-order valence-corrected chi connectivity index (χ3v) is 4.37. The quantitative estimate of drug-likeness (QED) is 0.927. The Morgan fingerprint density at radius 3 is 2.19 bits per heavy atom. The van der Waals surface area contributed by atoms with Gasteiger partial charge in [0.2, 0.25) is 5.91 Å². The van der Waals surface area contributed by atoms with Gasteiger partial charge in [0.25, 0.3) is 0 Å². The molecule has 0 heterocycles. The fraction of sp³-hybridized carbons (Fsp3) is 0.588. The third kappa shape index (κ3) is 4.45. The topological polar surface area (TPSA) is 46.3 Å². The normalized spacial score (nSPS) is 16.9. The van der Waals surface area contributed by atoms with E-state index in [9.17, 15) is 4.79 Å². The van der Waals surface area contributed by atoms with Crippen LogP contribution in [0.2, 0.25) is 0 Å². The van der Waals surface area contributed by atoms with Crippen LogP contribution in [0.5, 0.6) is 0 Å². The molecule has 21 heavy (non-hydrogen) atoms. The Morgan fingerprint density at radius 2 is 1.67 bits per heavy atom. The van der Waals surface area contributed by atoms with E-state index in [0.717, 1.165) is 37.7 Å². The molecule has 1 fully saturated rings. The van der Waals surface area contributed by atoms with Crippen molar-refractivity contribution < 1.29 is 4.79 Å². The van der Waals surface area contributed by atoms with Gasteiger partial charge in [0, 0.05) is 13.6 Å². The third-order valence-electron chi connectivity index (χ3n) is 4.37. The van der Waals surface area contributed by atoms with Crippen LogP contribution in [0.4, 0.5) is 0 Å². The second kappa shape index (κ2) is 7.81. The number of carbonyl (C=O) groups is 1. The Kier molecular flexibility index (Phi) is 6.69. The van der Waals surface area contributed by atoms with Crippen molar-refractivity contribution in [1.82, 2.24) is 4.90 Å². The Balaban J connectivity index is 0.00000220. The molecule has 1 aromatic rings. The van der Waals surface area contributed by atoms with E-state index in [1.165, 1.54) is 12.0 Å². The number of hydrogen-bond donors (Lipinski definition) is 1. The summed E-state index contributed by atoms with van der Waals surface area (Å²) in [5.41, 5.74) is 8.17. The molecule has 1 aliphatic rings. The number of nitrogens with zero attached hydrogens (tertiary/aromatic N) is 1. The standard InChI is InChI=1S/C17H26N2O.ClH/c1-3-14-7-9-15(10-8-14)13-19(2)16(20)17(18)11-5-4-6-12-17;/h7-10H,3-6,11-13,18H2,1-2H3;1H.